The third kappa shape index (κ3) is 3.51. The zero-order valence-corrected chi connectivity index (χ0v) is 15.8. The van der Waals surface area contributed by atoms with E-state index in [-0.39, 0.29) is 17.6 Å². The zero-order chi connectivity index (χ0) is 18.0. The minimum Gasteiger partial charge on any atom is -0.369 e. The largest absolute Gasteiger partial charge is 0.369 e. The van der Waals surface area contributed by atoms with Gasteiger partial charge in [0.2, 0.25) is 0 Å². The molecule has 1 atom stereocenters. The van der Waals surface area contributed by atoms with Crippen LogP contribution in [0.25, 0.3) is 0 Å². The minimum absolute atomic E-state index is 0.00224. The van der Waals surface area contributed by atoms with Crippen LogP contribution < -0.4 is 10.6 Å². The molecule has 138 valence electrons. The lowest BCUT2D eigenvalue weighted by molar-refractivity contribution is -0.0771. The van der Waals surface area contributed by atoms with Crippen LogP contribution in [-0.2, 0) is 23.2 Å². The van der Waals surface area contributed by atoms with Crippen LogP contribution in [0.1, 0.15) is 45.6 Å². The second-order valence-corrected chi connectivity index (χ2v) is 8.14. The SMILES string of the molecule is CC(Cc1cnccn1)NC(=O)c1cc2c(s1)C1(CCNCC1)OCC2. The molecule has 1 saturated heterocycles. The smallest absolute Gasteiger partial charge is 0.261 e. The quantitative estimate of drug-likeness (QED) is 0.859. The Morgan fingerprint density at radius 3 is 3.04 bits per heavy atom. The third-order valence-corrected chi connectivity index (χ3v) is 6.48. The van der Waals surface area contributed by atoms with Crippen LogP contribution >= 0.6 is 11.3 Å². The van der Waals surface area contributed by atoms with Crippen LogP contribution in [0.3, 0.4) is 0 Å². The monoisotopic (exact) mass is 372 g/mol. The third-order valence-electron chi connectivity index (χ3n) is 5.12. The highest BCUT2D eigenvalue weighted by atomic mass is 32.1. The average molecular weight is 372 g/mol. The van der Waals surface area contributed by atoms with E-state index in [0.717, 1.165) is 49.5 Å². The van der Waals surface area contributed by atoms with E-state index in [1.165, 1.54) is 10.4 Å². The van der Waals surface area contributed by atoms with Crippen molar-refractivity contribution in [1.82, 2.24) is 20.6 Å². The molecule has 2 aromatic rings. The van der Waals surface area contributed by atoms with Gasteiger partial charge in [-0.1, -0.05) is 0 Å². The summed E-state index contributed by atoms with van der Waals surface area (Å²) in [6.07, 6.45) is 8.59. The molecule has 0 aromatic carbocycles. The average Bonchev–Trinajstić information content (AvgIpc) is 3.09. The molecule has 7 heteroatoms. The standard InChI is InChI=1S/C19H24N4O2S/c1-13(10-15-12-21-7-8-22-15)23-18(24)16-11-14-2-9-25-19(17(14)26-16)3-5-20-6-4-19/h7-8,11-13,20H,2-6,9-10H2,1H3,(H,23,24). The summed E-state index contributed by atoms with van der Waals surface area (Å²) in [5, 5.41) is 6.50. The van der Waals surface area contributed by atoms with E-state index in [4.69, 9.17) is 4.74 Å². The van der Waals surface area contributed by atoms with E-state index in [1.54, 1.807) is 29.9 Å². The van der Waals surface area contributed by atoms with E-state index in [0.29, 0.717) is 6.42 Å². The molecule has 2 aliphatic rings. The second-order valence-electron chi connectivity index (χ2n) is 7.08. The number of carbonyl (C=O) groups excluding carboxylic acids is 1. The number of piperidine rings is 1. The molecular weight excluding hydrogens is 348 g/mol. The molecule has 0 radical (unpaired) electrons. The van der Waals surface area contributed by atoms with Crippen molar-refractivity contribution in [3.8, 4) is 0 Å². The van der Waals surface area contributed by atoms with E-state index in [2.05, 4.69) is 26.7 Å². The van der Waals surface area contributed by atoms with Crippen molar-refractivity contribution in [3.63, 3.8) is 0 Å². The summed E-state index contributed by atoms with van der Waals surface area (Å²) >= 11 is 1.60. The maximum absolute atomic E-state index is 12.7. The van der Waals surface area contributed by atoms with Crippen LogP contribution in [0.5, 0.6) is 0 Å². The number of rotatable bonds is 4. The maximum atomic E-state index is 12.7. The molecule has 1 spiro atoms. The van der Waals surface area contributed by atoms with Gasteiger partial charge in [0.1, 0.15) is 5.60 Å². The number of hydrogen-bond donors (Lipinski definition) is 2. The number of hydrogen-bond acceptors (Lipinski definition) is 6. The first-order valence-electron chi connectivity index (χ1n) is 9.20. The van der Waals surface area contributed by atoms with Crippen molar-refractivity contribution in [3.05, 3.63) is 45.7 Å². The van der Waals surface area contributed by atoms with Gasteiger partial charge < -0.3 is 15.4 Å². The Kier molecular flexibility index (Phi) is 5.02. The number of thiophene rings is 1. The van der Waals surface area contributed by atoms with Gasteiger partial charge in [-0.3, -0.25) is 14.8 Å². The fraction of sp³-hybridized carbons (Fsp3) is 0.526. The van der Waals surface area contributed by atoms with Crippen LogP contribution in [0.15, 0.2) is 24.7 Å². The van der Waals surface area contributed by atoms with Crippen LogP contribution in [0.4, 0.5) is 0 Å². The van der Waals surface area contributed by atoms with E-state index >= 15 is 0 Å². The molecule has 1 unspecified atom stereocenters. The fourth-order valence-electron chi connectivity index (χ4n) is 3.83. The Morgan fingerprint density at radius 1 is 1.42 bits per heavy atom. The summed E-state index contributed by atoms with van der Waals surface area (Å²) in [6, 6.07) is 2.07. The molecular formula is C19H24N4O2S. The predicted molar refractivity (Wildman–Crippen MR) is 100 cm³/mol. The molecule has 0 aliphatic carbocycles. The highest BCUT2D eigenvalue weighted by Gasteiger charge is 2.41. The van der Waals surface area contributed by atoms with Crippen molar-refractivity contribution in [2.45, 2.75) is 44.2 Å². The lowest BCUT2D eigenvalue weighted by atomic mass is 9.86. The lowest BCUT2D eigenvalue weighted by Crippen LogP contribution is -2.44. The Balaban J connectivity index is 1.47. The second kappa shape index (κ2) is 7.42. The van der Waals surface area contributed by atoms with E-state index in [1.807, 2.05) is 6.92 Å². The Hall–Kier alpha value is -1.83. The summed E-state index contributed by atoms with van der Waals surface area (Å²) in [7, 11) is 0. The van der Waals surface area contributed by atoms with Crippen molar-refractivity contribution in [1.29, 1.82) is 0 Å². The molecule has 2 aliphatic heterocycles. The molecule has 26 heavy (non-hydrogen) atoms. The van der Waals surface area contributed by atoms with Gasteiger partial charge in [-0.15, -0.1) is 11.3 Å². The number of nitrogens with one attached hydrogen (secondary N) is 2. The van der Waals surface area contributed by atoms with Crippen LogP contribution in [0.2, 0.25) is 0 Å². The van der Waals surface area contributed by atoms with Gasteiger partial charge in [0, 0.05) is 35.9 Å². The summed E-state index contributed by atoms with van der Waals surface area (Å²) in [5.74, 6) is -0.00938. The van der Waals surface area contributed by atoms with Gasteiger partial charge in [-0.2, -0.15) is 0 Å². The highest BCUT2D eigenvalue weighted by molar-refractivity contribution is 7.14. The Labute approximate surface area is 157 Å². The number of fused-ring (bicyclic) bond motifs is 2. The molecule has 2 aromatic heterocycles. The molecule has 1 amide bonds. The fourth-order valence-corrected chi connectivity index (χ4v) is 5.14. The van der Waals surface area contributed by atoms with E-state index in [9.17, 15) is 4.79 Å². The van der Waals surface area contributed by atoms with Gasteiger partial charge in [0.25, 0.3) is 5.91 Å². The van der Waals surface area contributed by atoms with Crippen molar-refractivity contribution >= 4 is 17.2 Å². The van der Waals surface area contributed by atoms with Gasteiger partial charge in [0.05, 0.1) is 17.2 Å². The molecule has 0 saturated carbocycles. The maximum Gasteiger partial charge on any atom is 0.261 e. The van der Waals surface area contributed by atoms with Gasteiger partial charge >= 0.3 is 0 Å². The topological polar surface area (TPSA) is 76.1 Å². The normalized spacial score (nSPS) is 19.7. The van der Waals surface area contributed by atoms with E-state index < -0.39 is 0 Å². The molecule has 4 rings (SSSR count). The molecule has 1 fully saturated rings. The van der Waals surface area contributed by atoms with Crippen LogP contribution in [-0.4, -0.2) is 41.6 Å². The predicted octanol–water partition coefficient (Wildman–Crippen LogP) is 2.05. The van der Waals surface area contributed by atoms with Gasteiger partial charge in [0.15, 0.2) is 0 Å². The number of amides is 1. The first-order valence-corrected chi connectivity index (χ1v) is 10.0. The van der Waals surface area contributed by atoms with Crippen molar-refractivity contribution in [2.75, 3.05) is 19.7 Å². The van der Waals surface area contributed by atoms with Crippen molar-refractivity contribution in [2.24, 2.45) is 0 Å². The Bertz CT molecular complexity index is 771. The minimum atomic E-state index is -0.187. The molecule has 4 heterocycles. The highest BCUT2D eigenvalue weighted by Crippen LogP contribution is 2.44. The zero-order valence-electron chi connectivity index (χ0n) is 15.0. The Morgan fingerprint density at radius 2 is 2.27 bits per heavy atom. The van der Waals surface area contributed by atoms with Crippen molar-refractivity contribution < 1.29 is 9.53 Å². The lowest BCUT2D eigenvalue weighted by Gasteiger charge is -2.40. The summed E-state index contributed by atoms with van der Waals surface area (Å²) in [4.78, 5) is 23.1. The van der Waals surface area contributed by atoms with Crippen LogP contribution in [0, 0.1) is 0 Å². The number of nitrogens with zero attached hydrogens (tertiary/aromatic N) is 2. The molecule has 2 N–H and O–H groups in total. The summed E-state index contributed by atoms with van der Waals surface area (Å²) < 4.78 is 6.21. The summed E-state index contributed by atoms with van der Waals surface area (Å²) in [6.45, 7) is 4.67. The molecule has 6 nitrogen and oxygen atoms in total. The molecule has 0 bridgehead atoms. The first-order chi connectivity index (χ1) is 12.7. The number of carbonyl (C=O) groups is 1. The number of ether oxygens (including phenoxy) is 1. The summed E-state index contributed by atoms with van der Waals surface area (Å²) in [5.41, 5.74) is 1.98. The van der Waals surface area contributed by atoms with Gasteiger partial charge in [-0.25, -0.2) is 0 Å². The van der Waals surface area contributed by atoms with Gasteiger partial charge in [-0.05, 0) is 50.9 Å². The first kappa shape index (κ1) is 17.6. The number of aromatic nitrogens is 2.